The van der Waals surface area contributed by atoms with Gasteiger partial charge in [0.25, 0.3) is 0 Å². The van der Waals surface area contributed by atoms with Crippen LogP contribution >= 0.6 is 0 Å². The number of nitrogens with two attached hydrogens (primary N) is 1. The number of aliphatic hydroxyl groups is 4. The molecule has 0 spiro atoms. The molecule has 2 saturated heterocycles. The van der Waals surface area contributed by atoms with E-state index in [1.165, 1.54) is 14.0 Å². The number of Topliss-reactive ketones (excluding diaryl/α,β-unsaturated/α-hetero) is 1. The second-order valence-corrected chi connectivity index (χ2v) is 13.4. The molecule has 1 saturated carbocycles. The van der Waals surface area contributed by atoms with Crippen molar-refractivity contribution in [3.63, 3.8) is 0 Å². The SMILES string of the molecule is CO[C@@]1(C)C[C@@H](C)C(=O)[C@H](C)[C@@H](O)[C@@]2(O)C(C)[C@H]2OC(=O)[C@H](C)[C@@H](O)[C@H](C)[C@H]1O[C@@H]1O[C@H](C)C[C@H](N(C)CCN)[C@H]1O. The van der Waals surface area contributed by atoms with E-state index in [0.29, 0.717) is 19.5 Å². The van der Waals surface area contributed by atoms with Crippen molar-refractivity contribution in [1.29, 1.82) is 0 Å². The fraction of sp³-hybridized carbons (Fsp3) is 0.933. The minimum Gasteiger partial charge on any atom is -0.458 e. The van der Waals surface area contributed by atoms with Crippen molar-refractivity contribution in [2.24, 2.45) is 35.3 Å². The Morgan fingerprint density at radius 1 is 1.05 bits per heavy atom. The second-order valence-electron chi connectivity index (χ2n) is 13.4. The molecule has 12 nitrogen and oxygen atoms in total. The van der Waals surface area contributed by atoms with Gasteiger partial charge in [0.2, 0.25) is 0 Å². The Morgan fingerprint density at radius 3 is 2.24 bits per heavy atom. The van der Waals surface area contributed by atoms with Gasteiger partial charge in [-0.05, 0) is 40.7 Å². The Kier molecular flexibility index (Phi) is 11.3. The molecule has 0 radical (unpaired) electrons. The van der Waals surface area contributed by atoms with Crippen LogP contribution < -0.4 is 5.73 Å². The van der Waals surface area contributed by atoms with Crippen LogP contribution in [0, 0.1) is 29.6 Å². The third-order valence-corrected chi connectivity index (χ3v) is 10.3. The van der Waals surface area contributed by atoms with E-state index in [9.17, 15) is 30.0 Å². The van der Waals surface area contributed by atoms with Gasteiger partial charge < -0.3 is 45.1 Å². The summed E-state index contributed by atoms with van der Waals surface area (Å²) in [5.41, 5.74) is 2.79. The first-order valence-electron chi connectivity index (χ1n) is 15.2. The van der Waals surface area contributed by atoms with Gasteiger partial charge >= 0.3 is 5.97 Å². The van der Waals surface area contributed by atoms with Gasteiger partial charge in [-0.2, -0.15) is 0 Å². The summed E-state index contributed by atoms with van der Waals surface area (Å²) in [5, 5.41) is 45.1. The summed E-state index contributed by atoms with van der Waals surface area (Å²) in [6.07, 6.45) is -6.42. The lowest BCUT2D eigenvalue weighted by atomic mass is 9.75. The molecular weight excluding hydrogens is 548 g/mol. The number of likely N-dealkylation sites (N-methyl/N-ethyl adjacent to an activating group) is 1. The first-order chi connectivity index (χ1) is 19.5. The van der Waals surface area contributed by atoms with Gasteiger partial charge in [-0.3, -0.25) is 14.5 Å². The molecule has 0 aromatic heterocycles. The van der Waals surface area contributed by atoms with Gasteiger partial charge in [0.15, 0.2) is 6.29 Å². The largest absolute Gasteiger partial charge is 0.458 e. The molecule has 15 atom stereocenters. The highest BCUT2D eigenvalue weighted by Crippen LogP contribution is 2.51. The third kappa shape index (κ3) is 6.57. The molecule has 6 N–H and O–H groups in total. The zero-order valence-electron chi connectivity index (χ0n) is 26.6. The Hall–Kier alpha value is -1.22. The number of nitrogens with zero attached hydrogens (tertiary/aromatic N) is 1. The van der Waals surface area contributed by atoms with E-state index < -0.39 is 83.6 Å². The van der Waals surface area contributed by atoms with E-state index in [1.54, 1.807) is 34.6 Å². The average Bonchev–Trinajstić information content (AvgIpc) is 3.48. The van der Waals surface area contributed by atoms with Gasteiger partial charge in [0.1, 0.15) is 23.6 Å². The van der Waals surface area contributed by atoms with Crippen LogP contribution in [0.4, 0.5) is 0 Å². The smallest absolute Gasteiger partial charge is 0.311 e. The minimum absolute atomic E-state index is 0.131. The predicted molar refractivity (Wildman–Crippen MR) is 153 cm³/mol. The first kappa shape index (κ1) is 35.3. The summed E-state index contributed by atoms with van der Waals surface area (Å²) in [6, 6.07) is -0.300. The molecule has 42 heavy (non-hydrogen) atoms. The van der Waals surface area contributed by atoms with Crippen LogP contribution in [-0.2, 0) is 28.5 Å². The van der Waals surface area contributed by atoms with Crippen molar-refractivity contribution < 1.29 is 49.0 Å². The Labute approximate surface area is 249 Å². The zero-order valence-corrected chi connectivity index (χ0v) is 26.6. The van der Waals surface area contributed by atoms with E-state index >= 15 is 0 Å². The number of aliphatic hydroxyl groups excluding tert-OH is 3. The fourth-order valence-corrected chi connectivity index (χ4v) is 7.12. The maximum Gasteiger partial charge on any atom is 0.311 e. The van der Waals surface area contributed by atoms with Crippen LogP contribution in [-0.4, -0.2) is 124 Å². The molecule has 0 aromatic carbocycles. The molecule has 244 valence electrons. The predicted octanol–water partition coefficient (Wildman–Crippen LogP) is 0.0632. The van der Waals surface area contributed by atoms with E-state index in [2.05, 4.69) is 0 Å². The molecule has 0 bridgehead atoms. The van der Waals surface area contributed by atoms with Crippen LogP contribution in [0.25, 0.3) is 0 Å². The Balaban J connectivity index is 2.01. The average molecular weight is 603 g/mol. The van der Waals surface area contributed by atoms with E-state index in [-0.39, 0.29) is 24.3 Å². The van der Waals surface area contributed by atoms with Crippen LogP contribution in [0.15, 0.2) is 0 Å². The van der Waals surface area contributed by atoms with Crippen molar-refractivity contribution in [3.8, 4) is 0 Å². The Morgan fingerprint density at radius 2 is 1.67 bits per heavy atom. The molecule has 3 aliphatic rings. The van der Waals surface area contributed by atoms with Crippen molar-refractivity contribution in [2.45, 2.75) is 121 Å². The van der Waals surface area contributed by atoms with Crippen LogP contribution in [0.1, 0.15) is 61.3 Å². The Bertz CT molecular complexity index is 955. The van der Waals surface area contributed by atoms with Crippen molar-refractivity contribution in [2.75, 3.05) is 27.2 Å². The summed E-state index contributed by atoms with van der Waals surface area (Å²) in [7, 11) is 3.35. The summed E-state index contributed by atoms with van der Waals surface area (Å²) in [6.45, 7) is 12.8. The standard InChI is InChI=1S/C30H54N2O10/c1-14-13-29(7,39-9)25(42-28-23(35)20(12-15(2)40-28)32(8)11-10-31)17(4)22(34)18(5)27(37)41-26-19(6)30(26,38)24(36)16(3)21(14)33/h14-20,22-26,28,34-36,38H,10-13,31H2,1-9H3/t14-,15-,16+,17+,18-,19?,20+,22+,23-,24-,25-,26-,28+,29+,30+/m1/s1. The number of hydrogen-bond acceptors (Lipinski definition) is 12. The number of esters is 1. The fourth-order valence-electron chi connectivity index (χ4n) is 7.12. The van der Waals surface area contributed by atoms with Crippen molar-refractivity contribution >= 4 is 11.8 Å². The summed E-state index contributed by atoms with van der Waals surface area (Å²) in [4.78, 5) is 28.7. The van der Waals surface area contributed by atoms with Gasteiger partial charge in [0.05, 0.1) is 35.9 Å². The lowest BCUT2D eigenvalue weighted by Crippen LogP contribution is -2.60. The van der Waals surface area contributed by atoms with Crippen LogP contribution in [0.3, 0.4) is 0 Å². The number of rotatable bonds is 6. The number of carbonyl (C=O) groups is 2. The molecule has 3 fully saturated rings. The van der Waals surface area contributed by atoms with Crippen molar-refractivity contribution in [3.05, 3.63) is 0 Å². The highest BCUT2D eigenvalue weighted by Gasteiger charge is 2.70. The van der Waals surface area contributed by atoms with Gasteiger partial charge in [0, 0.05) is 49.9 Å². The molecule has 2 heterocycles. The summed E-state index contributed by atoms with van der Waals surface area (Å²) in [5.74, 6) is -5.02. The minimum atomic E-state index is -1.76. The molecule has 0 aromatic rings. The number of methoxy groups -OCH3 is 1. The monoisotopic (exact) mass is 602 g/mol. The quantitative estimate of drug-likeness (QED) is 0.258. The summed E-state index contributed by atoms with van der Waals surface area (Å²) >= 11 is 0. The summed E-state index contributed by atoms with van der Waals surface area (Å²) < 4.78 is 24.2. The number of ether oxygens (including phenoxy) is 4. The van der Waals surface area contributed by atoms with Crippen LogP contribution in [0.5, 0.6) is 0 Å². The van der Waals surface area contributed by atoms with E-state index in [1.807, 2.05) is 18.9 Å². The molecule has 0 amide bonds. The van der Waals surface area contributed by atoms with Gasteiger partial charge in [-0.25, -0.2) is 0 Å². The normalized spacial score (nSPS) is 49.3. The zero-order chi connectivity index (χ0) is 31.9. The molecule has 1 unspecified atom stereocenters. The molecule has 12 heteroatoms. The first-order valence-corrected chi connectivity index (χ1v) is 15.2. The molecule has 3 rings (SSSR count). The highest BCUT2D eigenvalue weighted by molar-refractivity contribution is 5.84. The number of hydrogen-bond donors (Lipinski definition) is 5. The maximum atomic E-state index is 13.6. The van der Waals surface area contributed by atoms with Crippen LogP contribution in [0.2, 0.25) is 0 Å². The van der Waals surface area contributed by atoms with E-state index in [0.717, 1.165) is 0 Å². The third-order valence-electron chi connectivity index (χ3n) is 10.3. The topological polar surface area (TPSA) is 181 Å². The molecule has 1 aliphatic carbocycles. The number of carbonyl (C=O) groups excluding carboxylic acids is 2. The molecule has 2 aliphatic heterocycles. The number of ketones is 1. The van der Waals surface area contributed by atoms with Gasteiger partial charge in [-0.1, -0.05) is 27.7 Å². The second kappa shape index (κ2) is 13.4. The van der Waals surface area contributed by atoms with E-state index in [4.69, 9.17) is 24.7 Å². The lowest BCUT2D eigenvalue weighted by Gasteiger charge is -2.48. The lowest BCUT2D eigenvalue weighted by molar-refractivity contribution is -0.302. The van der Waals surface area contributed by atoms with Crippen molar-refractivity contribution in [1.82, 2.24) is 4.90 Å². The highest BCUT2D eigenvalue weighted by atomic mass is 16.7. The maximum absolute atomic E-state index is 13.6. The number of fused-ring (bicyclic) bond motifs is 1. The molecular formula is C30H54N2O10. The van der Waals surface area contributed by atoms with Gasteiger partial charge in [-0.15, -0.1) is 0 Å².